The van der Waals surface area contributed by atoms with Crippen molar-refractivity contribution in [2.75, 3.05) is 0 Å². The van der Waals surface area contributed by atoms with Crippen LogP contribution in [0.4, 0.5) is 0 Å². The van der Waals surface area contributed by atoms with Crippen molar-refractivity contribution in [3.8, 4) is 0 Å². The van der Waals surface area contributed by atoms with E-state index in [0.29, 0.717) is 18.4 Å². The molecule has 2 N–H and O–H groups in total. The molecule has 0 aromatic carbocycles. The molecule has 0 bridgehead atoms. The van der Waals surface area contributed by atoms with Gasteiger partial charge in [-0.2, -0.15) is 0 Å². The Balaban J connectivity index is 3.75. The molecule has 0 rings (SSSR count). The number of unbranched alkanes of at least 4 members (excludes halogenated alkanes) is 7. The van der Waals surface area contributed by atoms with Gasteiger partial charge in [0.1, 0.15) is 0 Å². The number of allylic oxidation sites excluding steroid dienone is 1. The summed E-state index contributed by atoms with van der Waals surface area (Å²) in [5, 5.41) is 17.6. The lowest BCUT2D eigenvalue weighted by Crippen LogP contribution is -2.02. The quantitative estimate of drug-likeness (QED) is 0.388. The molecule has 0 spiro atoms. The average molecular weight is 284 g/mol. The summed E-state index contributed by atoms with van der Waals surface area (Å²) < 4.78 is 0. The van der Waals surface area contributed by atoms with Gasteiger partial charge in [-0.05, 0) is 25.7 Å². The maximum atomic E-state index is 11.0. The van der Waals surface area contributed by atoms with E-state index in [4.69, 9.17) is 10.2 Å². The van der Waals surface area contributed by atoms with Crippen molar-refractivity contribution in [3.63, 3.8) is 0 Å². The van der Waals surface area contributed by atoms with Crippen LogP contribution in [0.25, 0.3) is 0 Å². The van der Waals surface area contributed by atoms with Crippen molar-refractivity contribution in [3.05, 3.63) is 11.6 Å². The van der Waals surface area contributed by atoms with E-state index in [1.54, 1.807) is 6.08 Å². The Morgan fingerprint density at radius 2 is 1.45 bits per heavy atom. The molecule has 0 amide bonds. The Morgan fingerprint density at radius 3 is 2.00 bits per heavy atom. The van der Waals surface area contributed by atoms with Crippen LogP contribution in [0, 0.1) is 0 Å². The Kier molecular flexibility index (Phi) is 11.9. The molecule has 0 fully saturated rings. The second kappa shape index (κ2) is 12.7. The van der Waals surface area contributed by atoms with Gasteiger partial charge in [-0.25, -0.2) is 4.79 Å². The van der Waals surface area contributed by atoms with E-state index >= 15 is 0 Å². The fraction of sp³-hybridized carbons (Fsp3) is 0.750. The molecule has 0 saturated heterocycles. The highest BCUT2D eigenvalue weighted by Crippen LogP contribution is 2.13. The van der Waals surface area contributed by atoms with Crippen LogP contribution in [0.1, 0.15) is 77.6 Å². The maximum absolute atomic E-state index is 11.0. The highest BCUT2D eigenvalue weighted by Gasteiger charge is 2.07. The van der Waals surface area contributed by atoms with Crippen LogP contribution >= 0.6 is 0 Å². The van der Waals surface area contributed by atoms with Crippen LogP contribution in [0.15, 0.2) is 11.6 Å². The van der Waals surface area contributed by atoms with E-state index < -0.39 is 11.9 Å². The minimum absolute atomic E-state index is 0.0298. The van der Waals surface area contributed by atoms with Gasteiger partial charge in [-0.15, -0.1) is 0 Å². The molecule has 4 nitrogen and oxygen atoms in total. The summed E-state index contributed by atoms with van der Waals surface area (Å²) in [5.41, 5.74) is 0.359. The number of carbonyl (C=O) groups is 2. The SMILES string of the molecule is CCCCCCCCCC=C(CCCC(=O)O)C(=O)O. The summed E-state index contributed by atoms with van der Waals surface area (Å²) in [5.74, 6) is -1.79. The molecule has 0 aromatic heterocycles. The van der Waals surface area contributed by atoms with Crippen molar-refractivity contribution < 1.29 is 19.8 Å². The van der Waals surface area contributed by atoms with Gasteiger partial charge in [-0.1, -0.05) is 51.5 Å². The first-order valence-corrected chi connectivity index (χ1v) is 7.72. The summed E-state index contributed by atoms with van der Waals surface area (Å²) in [6.45, 7) is 2.20. The average Bonchev–Trinajstić information content (AvgIpc) is 2.39. The predicted octanol–water partition coefficient (Wildman–Crippen LogP) is 4.39. The van der Waals surface area contributed by atoms with E-state index in [1.807, 2.05) is 0 Å². The van der Waals surface area contributed by atoms with Crippen LogP contribution < -0.4 is 0 Å². The molecule has 0 saturated carbocycles. The monoisotopic (exact) mass is 284 g/mol. The Labute approximate surface area is 121 Å². The largest absolute Gasteiger partial charge is 0.481 e. The molecule has 0 heterocycles. The second-order valence-electron chi connectivity index (χ2n) is 5.19. The lowest BCUT2D eigenvalue weighted by Gasteiger charge is -2.02. The standard InChI is InChI=1S/C16H28O4/c1-2-3-4-5-6-7-8-9-11-14(16(19)20)12-10-13-15(17)18/h11H,2-10,12-13H2,1H3,(H,17,18)(H,19,20). The van der Waals surface area contributed by atoms with Crippen molar-refractivity contribution in [2.45, 2.75) is 77.6 Å². The van der Waals surface area contributed by atoms with E-state index in [0.717, 1.165) is 19.3 Å². The van der Waals surface area contributed by atoms with E-state index in [-0.39, 0.29) is 6.42 Å². The topological polar surface area (TPSA) is 74.6 Å². The summed E-state index contributed by atoms with van der Waals surface area (Å²) in [6.07, 6.45) is 11.8. The van der Waals surface area contributed by atoms with Gasteiger partial charge in [0, 0.05) is 12.0 Å². The van der Waals surface area contributed by atoms with Gasteiger partial charge in [-0.3, -0.25) is 4.79 Å². The molecule has 0 radical (unpaired) electrons. The zero-order chi connectivity index (χ0) is 15.2. The van der Waals surface area contributed by atoms with Gasteiger partial charge >= 0.3 is 11.9 Å². The van der Waals surface area contributed by atoms with Gasteiger partial charge in [0.15, 0.2) is 0 Å². The molecular weight excluding hydrogens is 256 g/mol. The normalized spacial score (nSPS) is 11.6. The molecular formula is C16H28O4. The smallest absolute Gasteiger partial charge is 0.331 e. The van der Waals surface area contributed by atoms with Gasteiger partial charge < -0.3 is 10.2 Å². The van der Waals surface area contributed by atoms with Crippen LogP contribution in [0.2, 0.25) is 0 Å². The van der Waals surface area contributed by atoms with Crippen LogP contribution in [0.5, 0.6) is 0 Å². The molecule has 116 valence electrons. The highest BCUT2D eigenvalue weighted by atomic mass is 16.4. The van der Waals surface area contributed by atoms with Crippen molar-refractivity contribution >= 4 is 11.9 Å². The first-order valence-electron chi connectivity index (χ1n) is 7.72. The van der Waals surface area contributed by atoms with Crippen LogP contribution in [-0.2, 0) is 9.59 Å². The highest BCUT2D eigenvalue weighted by molar-refractivity contribution is 5.86. The summed E-state index contributed by atoms with van der Waals surface area (Å²) in [4.78, 5) is 21.4. The molecule has 0 unspecified atom stereocenters. The van der Waals surface area contributed by atoms with Crippen LogP contribution in [0.3, 0.4) is 0 Å². The summed E-state index contributed by atoms with van der Waals surface area (Å²) >= 11 is 0. The molecule has 4 heteroatoms. The number of hydrogen-bond acceptors (Lipinski definition) is 2. The fourth-order valence-electron chi connectivity index (χ4n) is 2.10. The Morgan fingerprint density at radius 1 is 0.850 bits per heavy atom. The fourth-order valence-corrected chi connectivity index (χ4v) is 2.10. The van der Waals surface area contributed by atoms with Crippen molar-refractivity contribution in [1.29, 1.82) is 0 Å². The molecule has 0 aromatic rings. The zero-order valence-corrected chi connectivity index (χ0v) is 12.6. The van der Waals surface area contributed by atoms with Crippen molar-refractivity contribution in [2.24, 2.45) is 0 Å². The first kappa shape index (κ1) is 18.7. The van der Waals surface area contributed by atoms with Gasteiger partial charge in [0.2, 0.25) is 0 Å². The number of hydrogen-bond donors (Lipinski definition) is 2. The van der Waals surface area contributed by atoms with E-state index in [2.05, 4.69) is 6.92 Å². The summed E-state index contributed by atoms with van der Waals surface area (Å²) in [7, 11) is 0. The number of rotatable bonds is 13. The number of aliphatic carboxylic acids is 2. The first-order chi connectivity index (χ1) is 9.57. The maximum Gasteiger partial charge on any atom is 0.331 e. The lowest BCUT2D eigenvalue weighted by atomic mass is 10.0. The number of carboxylic acid groups (broad SMARTS) is 2. The molecule has 0 aliphatic heterocycles. The third-order valence-electron chi connectivity index (χ3n) is 3.31. The molecule has 0 atom stereocenters. The molecule has 0 aliphatic rings. The van der Waals surface area contributed by atoms with Gasteiger partial charge in [0.05, 0.1) is 0 Å². The Bertz CT molecular complexity index is 308. The minimum Gasteiger partial charge on any atom is -0.481 e. The molecule has 20 heavy (non-hydrogen) atoms. The minimum atomic E-state index is -0.918. The van der Waals surface area contributed by atoms with Crippen molar-refractivity contribution in [1.82, 2.24) is 0 Å². The predicted molar refractivity (Wildman–Crippen MR) is 79.8 cm³/mol. The van der Waals surface area contributed by atoms with E-state index in [9.17, 15) is 9.59 Å². The third kappa shape index (κ3) is 11.8. The summed E-state index contributed by atoms with van der Waals surface area (Å²) in [6, 6.07) is 0. The van der Waals surface area contributed by atoms with E-state index in [1.165, 1.54) is 32.1 Å². The second-order valence-corrected chi connectivity index (χ2v) is 5.19. The van der Waals surface area contributed by atoms with Gasteiger partial charge in [0.25, 0.3) is 0 Å². The zero-order valence-electron chi connectivity index (χ0n) is 12.6. The molecule has 0 aliphatic carbocycles. The lowest BCUT2D eigenvalue weighted by molar-refractivity contribution is -0.137. The third-order valence-corrected chi connectivity index (χ3v) is 3.31. The number of carboxylic acids is 2. The van der Waals surface area contributed by atoms with Crippen LogP contribution in [-0.4, -0.2) is 22.2 Å². The Hall–Kier alpha value is -1.32.